The number of carboxylic acids is 1. The summed E-state index contributed by atoms with van der Waals surface area (Å²) in [5, 5.41) is 19.9. The number of rotatable bonds is 16. The van der Waals surface area contributed by atoms with Crippen molar-refractivity contribution in [2.24, 2.45) is 17.6 Å². The second kappa shape index (κ2) is 17.0. The zero-order valence-electron chi connectivity index (χ0n) is 25.5. The molecule has 0 saturated heterocycles. The van der Waals surface area contributed by atoms with Gasteiger partial charge in [-0.25, -0.2) is 0 Å². The van der Waals surface area contributed by atoms with Crippen LogP contribution in [0.5, 0.6) is 0 Å². The van der Waals surface area contributed by atoms with E-state index in [1.807, 2.05) is 43.3 Å². The maximum atomic E-state index is 13.6. The first-order valence-corrected chi connectivity index (χ1v) is 14.6. The van der Waals surface area contributed by atoms with Crippen LogP contribution < -0.4 is 27.0 Å². The Hall–Kier alpha value is -4.25. The number of hydrogen-bond acceptors (Lipinski definition) is 6. The molecule has 0 radical (unpaired) electrons. The highest BCUT2D eigenvalue weighted by atomic mass is 16.4. The van der Waals surface area contributed by atoms with Gasteiger partial charge in [-0.1, -0.05) is 94.8 Å². The Bertz CT molecular complexity index is 1220. The summed E-state index contributed by atoms with van der Waals surface area (Å²) in [6.07, 6.45) is 0.933. The van der Waals surface area contributed by atoms with E-state index in [9.17, 15) is 29.1 Å². The molecule has 11 nitrogen and oxygen atoms in total. The normalized spacial score (nSPS) is 15.2. The van der Waals surface area contributed by atoms with Gasteiger partial charge in [0.1, 0.15) is 24.2 Å². The summed E-state index contributed by atoms with van der Waals surface area (Å²) in [4.78, 5) is 64.4. The van der Waals surface area contributed by atoms with Gasteiger partial charge < -0.3 is 32.1 Å². The first-order valence-electron chi connectivity index (χ1n) is 14.6. The third kappa shape index (κ3) is 11.2. The summed E-state index contributed by atoms with van der Waals surface area (Å²) < 4.78 is 0. The van der Waals surface area contributed by atoms with Gasteiger partial charge in [-0.3, -0.25) is 24.0 Å². The highest BCUT2D eigenvalue weighted by Gasteiger charge is 2.34. The molecule has 0 saturated carbocycles. The first kappa shape index (κ1) is 34.9. The average molecular weight is 596 g/mol. The van der Waals surface area contributed by atoms with Gasteiger partial charge in [0.25, 0.3) is 0 Å². The van der Waals surface area contributed by atoms with Crippen molar-refractivity contribution in [3.63, 3.8) is 0 Å². The third-order valence-electron chi connectivity index (χ3n) is 7.32. The number of carbonyl (C=O) groups is 5. The molecule has 43 heavy (non-hydrogen) atoms. The standard InChI is InChI=1S/C32H45N5O6/c1-6-20(4)27(31(41)35-25(18-23-15-11-8-12-16-23)29(39)34-21(5)32(42)43)37-30(40)26(19(2)3)36-28(38)24(33)17-22-13-9-7-10-14-22/h7-16,19-21,24-27H,6,17-18,33H2,1-5H3,(H,34,39)(H,35,41)(H,36,38)(H,37,40)(H,42,43)/t20-,21-,24+,25-,26-,27-/m0/s1. The predicted octanol–water partition coefficient (Wildman–Crippen LogP) is 1.54. The highest BCUT2D eigenvalue weighted by molar-refractivity contribution is 5.95. The van der Waals surface area contributed by atoms with E-state index >= 15 is 0 Å². The lowest BCUT2D eigenvalue weighted by Gasteiger charge is -2.30. The van der Waals surface area contributed by atoms with E-state index in [1.165, 1.54) is 6.92 Å². The summed E-state index contributed by atoms with van der Waals surface area (Å²) >= 11 is 0. The van der Waals surface area contributed by atoms with Crippen LogP contribution in [0.15, 0.2) is 60.7 Å². The monoisotopic (exact) mass is 595 g/mol. The van der Waals surface area contributed by atoms with Crippen LogP contribution in [0.4, 0.5) is 0 Å². The van der Waals surface area contributed by atoms with Gasteiger partial charge in [0.2, 0.25) is 23.6 Å². The van der Waals surface area contributed by atoms with Gasteiger partial charge in [0, 0.05) is 6.42 Å². The fourth-order valence-corrected chi connectivity index (χ4v) is 4.40. The Morgan fingerprint density at radius 1 is 0.674 bits per heavy atom. The molecule has 234 valence electrons. The van der Waals surface area contributed by atoms with Gasteiger partial charge in [-0.15, -0.1) is 0 Å². The van der Waals surface area contributed by atoms with E-state index in [0.29, 0.717) is 12.8 Å². The van der Waals surface area contributed by atoms with Crippen LogP contribution in [0.25, 0.3) is 0 Å². The van der Waals surface area contributed by atoms with Crippen molar-refractivity contribution in [3.8, 4) is 0 Å². The van der Waals surface area contributed by atoms with E-state index in [0.717, 1.165) is 11.1 Å². The minimum absolute atomic E-state index is 0.107. The van der Waals surface area contributed by atoms with E-state index in [-0.39, 0.29) is 18.3 Å². The lowest BCUT2D eigenvalue weighted by atomic mass is 9.95. The number of amides is 4. The zero-order chi connectivity index (χ0) is 32.1. The highest BCUT2D eigenvalue weighted by Crippen LogP contribution is 2.12. The van der Waals surface area contributed by atoms with Crippen LogP contribution in [0.3, 0.4) is 0 Å². The van der Waals surface area contributed by atoms with Crippen LogP contribution in [0, 0.1) is 11.8 Å². The molecule has 0 aliphatic heterocycles. The van der Waals surface area contributed by atoms with Crippen molar-refractivity contribution in [1.82, 2.24) is 21.3 Å². The van der Waals surface area contributed by atoms with Gasteiger partial charge in [-0.05, 0) is 36.3 Å². The van der Waals surface area contributed by atoms with E-state index in [2.05, 4.69) is 21.3 Å². The second-order valence-corrected chi connectivity index (χ2v) is 11.2. The molecule has 0 unspecified atom stereocenters. The molecular weight excluding hydrogens is 550 g/mol. The topological polar surface area (TPSA) is 180 Å². The first-order chi connectivity index (χ1) is 20.3. The van der Waals surface area contributed by atoms with Crippen molar-refractivity contribution in [3.05, 3.63) is 71.8 Å². The van der Waals surface area contributed by atoms with Crippen molar-refractivity contribution in [2.45, 2.75) is 84.1 Å². The Kier molecular flexibility index (Phi) is 13.8. The molecule has 0 fully saturated rings. The van der Waals surface area contributed by atoms with E-state index in [4.69, 9.17) is 5.73 Å². The van der Waals surface area contributed by atoms with Gasteiger partial charge in [-0.2, -0.15) is 0 Å². The average Bonchev–Trinajstić information content (AvgIpc) is 2.98. The number of hydrogen-bond donors (Lipinski definition) is 6. The van der Waals surface area contributed by atoms with Crippen LogP contribution in [-0.2, 0) is 36.8 Å². The van der Waals surface area contributed by atoms with E-state index < -0.39 is 59.8 Å². The van der Waals surface area contributed by atoms with Gasteiger partial charge in [0.15, 0.2) is 0 Å². The minimum atomic E-state index is -1.21. The Morgan fingerprint density at radius 3 is 1.65 bits per heavy atom. The number of benzene rings is 2. The Balaban J connectivity index is 2.20. The van der Waals surface area contributed by atoms with Crippen molar-refractivity contribution >= 4 is 29.6 Å². The fourth-order valence-electron chi connectivity index (χ4n) is 4.40. The lowest BCUT2D eigenvalue weighted by Crippen LogP contribution is -2.61. The number of nitrogens with one attached hydrogen (secondary N) is 4. The molecule has 2 aromatic rings. The quantitative estimate of drug-likeness (QED) is 0.170. The smallest absolute Gasteiger partial charge is 0.325 e. The van der Waals surface area contributed by atoms with Crippen LogP contribution >= 0.6 is 0 Å². The molecule has 2 rings (SSSR count). The maximum Gasteiger partial charge on any atom is 0.325 e. The van der Waals surface area contributed by atoms with Gasteiger partial charge >= 0.3 is 5.97 Å². The molecule has 7 N–H and O–H groups in total. The summed E-state index contributed by atoms with van der Waals surface area (Å²) in [5.41, 5.74) is 7.77. The SMILES string of the molecule is CC[C@H](C)[C@H](NC(=O)[C@@H](NC(=O)[C@H](N)Cc1ccccc1)C(C)C)C(=O)N[C@@H](Cc1ccccc1)C(=O)N[C@@H](C)C(=O)O. The van der Waals surface area contributed by atoms with Crippen molar-refractivity contribution in [1.29, 1.82) is 0 Å². The predicted molar refractivity (Wildman–Crippen MR) is 164 cm³/mol. The largest absolute Gasteiger partial charge is 0.480 e. The lowest BCUT2D eigenvalue weighted by molar-refractivity contribution is -0.141. The van der Waals surface area contributed by atoms with Gasteiger partial charge in [0.05, 0.1) is 6.04 Å². The van der Waals surface area contributed by atoms with Crippen molar-refractivity contribution in [2.75, 3.05) is 0 Å². The molecule has 0 aliphatic rings. The summed E-state index contributed by atoms with van der Waals surface area (Å²) in [5.74, 6) is -4.17. The summed E-state index contributed by atoms with van der Waals surface area (Å²) in [6, 6.07) is 13.1. The van der Waals surface area contributed by atoms with E-state index in [1.54, 1.807) is 45.0 Å². The third-order valence-corrected chi connectivity index (χ3v) is 7.32. The van der Waals surface area contributed by atoms with Crippen LogP contribution in [0.2, 0.25) is 0 Å². The molecule has 4 amide bonds. The van der Waals surface area contributed by atoms with Crippen LogP contribution in [0.1, 0.15) is 52.2 Å². The Labute approximate surface area is 253 Å². The maximum absolute atomic E-state index is 13.6. The number of carboxylic acid groups (broad SMARTS) is 1. The molecule has 0 spiro atoms. The second-order valence-electron chi connectivity index (χ2n) is 11.2. The molecule has 0 bridgehead atoms. The number of carbonyl (C=O) groups excluding carboxylic acids is 4. The minimum Gasteiger partial charge on any atom is -0.480 e. The number of aliphatic carboxylic acids is 1. The summed E-state index contributed by atoms with van der Waals surface area (Å²) in [7, 11) is 0. The molecule has 2 aromatic carbocycles. The molecule has 0 aromatic heterocycles. The molecular formula is C32H45N5O6. The summed E-state index contributed by atoms with van der Waals surface area (Å²) in [6.45, 7) is 8.53. The molecule has 0 heterocycles. The fraction of sp³-hybridized carbons (Fsp3) is 0.469. The number of nitrogens with two attached hydrogens (primary N) is 1. The van der Waals surface area contributed by atoms with Crippen LogP contribution in [-0.4, -0.2) is 64.9 Å². The Morgan fingerprint density at radius 2 is 1.16 bits per heavy atom. The molecule has 0 aliphatic carbocycles. The zero-order valence-corrected chi connectivity index (χ0v) is 25.5. The van der Waals surface area contributed by atoms with Crippen molar-refractivity contribution < 1.29 is 29.1 Å². The molecule has 6 atom stereocenters. The molecule has 11 heteroatoms.